The number of hydrogen-bond donors (Lipinski definition) is 1. The van der Waals surface area contributed by atoms with Crippen molar-refractivity contribution in [2.45, 2.75) is 20.0 Å². The minimum absolute atomic E-state index is 0.0235. The Labute approximate surface area is 141 Å². The van der Waals surface area contributed by atoms with Gasteiger partial charge < -0.3 is 19.9 Å². The van der Waals surface area contributed by atoms with Gasteiger partial charge in [-0.15, -0.1) is 0 Å². The zero-order valence-corrected chi connectivity index (χ0v) is 14.2. The summed E-state index contributed by atoms with van der Waals surface area (Å²) in [6.45, 7) is 6.17. The summed E-state index contributed by atoms with van der Waals surface area (Å²) < 4.78 is 5.32. The van der Waals surface area contributed by atoms with Crippen LogP contribution in [0.25, 0.3) is 0 Å². The Morgan fingerprint density at radius 2 is 1.74 bits per heavy atom. The van der Waals surface area contributed by atoms with Crippen molar-refractivity contribution in [2.24, 2.45) is 0 Å². The molecule has 0 aromatic heterocycles. The fraction of sp³-hybridized carbons (Fsp3) is 0.500. The quantitative estimate of drug-likeness (QED) is 0.916. The maximum Gasteiger partial charge on any atom is 0.321 e. The number of ether oxygens (including phenoxy) is 1. The number of amides is 3. The summed E-state index contributed by atoms with van der Waals surface area (Å²) in [5.74, 6) is -0.0235. The lowest BCUT2D eigenvalue weighted by molar-refractivity contribution is -0.143. The van der Waals surface area contributed by atoms with Gasteiger partial charge in [0.25, 0.3) is 5.91 Å². The van der Waals surface area contributed by atoms with E-state index in [9.17, 15) is 9.59 Å². The lowest BCUT2D eigenvalue weighted by Gasteiger charge is -2.35. The SMILES string of the molecule is CCOC(C)C(=O)N1CCN(C(=O)Nc2ccc(Cl)cc2)CC1. The van der Waals surface area contributed by atoms with Crippen LogP contribution in [0.5, 0.6) is 0 Å². The molecule has 1 aliphatic rings. The Balaban J connectivity index is 1.82. The Morgan fingerprint density at radius 3 is 2.30 bits per heavy atom. The number of carbonyl (C=O) groups is 2. The van der Waals surface area contributed by atoms with Gasteiger partial charge in [-0.2, -0.15) is 0 Å². The van der Waals surface area contributed by atoms with Crippen molar-refractivity contribution in [3.8, 4) is 0 Å². The summed E-state index contributed by atoms with van der Waals surface area (Å²) in [7, 11) is 0. The molecule has 1 unspecified atom stereocenters. The van der Waals surface area contributed by atoms with Crippen molar-refractivity contribution >= 4 is 29.2 Å². The van der Waals surface area contributed by atoms with Crippen LogP contribution in [-0.2, 0) is 9.53 Å². The molecule has 1 fully saturated rings. The first-order valence-corrected chi connectivity index (χ1v) is 8.11. The average Bonchev–Trinajstić information content (AvgIpc) is 2.56. The maximum absolute atomic E-state index is 12.2. The topological polar surface area (TPSA) is 61.9 Å². The molecule has 1 saturated heterocycles. The monoisotopic (exact) mass is 339 g/mol. The molecule has 0 spiro atoms. The summed E-state index contributed by atoms with van der Waals surface area (Å²) in [5.41, 5.74) is 0.697. The van der Waals surface area contributed by atoms with Crippen LogP contribution in [0.15, 0.2) is 24.3 Å². The molecular weight excluding hydrogens is 318 g/mol. The molecule has 0 radical (unpaired) electrons. The highest BCUT2D eigenvalue weighted by atomic mass is 35.5. The molecular formula is C16H22ClN3O3. The number of urea groups is 1. The largest absolute Gasteiger partial charge is 0.369 e. The van der Waals surface area contributed by atoms with Gasteiger partial charge in [-0.25, -0.2) is 4.79 Å². The Kier molecular flexibility index (Phi) is 6.24. The molecule has 7 heteroatoms. The van der Waals surface area contributed by atoms with Gasteiger partial charge in [0.1, 0.15) is 6.10 Å². The van der Waals surface area contributed by atoms with E-state index in [4.69, 9.17) is 16.3 Å². The number of rotatable bonds is 4. The molecule has 126 valence electrons. The third-order valence-corrected chi connectivity index (χ3v) is 3.99. The Morgan fingerprint density at radius 1 is 1.17 bits per heavy atom. The molecule has 1 heterocycles. The third kappa shape index (κ3) is 4.84. The zero-order valence-electron chi connectivity index (χ0n) is 13.4. The summed E-state index contributed by atoms with van der Waals surface area (Å²) in [5, 5.41) is 3.45. The van der Waals surface area contributed by atoms with E-state index in [-0.39, 0.29) is 11.9 Å². The molecule has 0 saturated carbocycles. The highest BCUT2D eigenvalue weighted by Crippen LogP contribution is 2.14. The molecule has 1 aromatic carbocycles. The first-order valence-electron chi connectivity index (χ1n) is 7.73. The van der Waals surface area contributed by atoms with E-state index >= 15 is 0 Å². The second-order valence-corrected chi connectivity index (χ2v) is 5.78. The van der Waals surface area contributed by atoms with E-state index in [2.05, 4.69) is 5.32 Å². The number of piperazine rings is 1. The molecule has 1 N–H and O–H groups in total. The highest BCUT2D eigenvalue weighted by Gasteiger charge is 2.27. The summed E-state index contributed by atoms with van der Waals surface area (Å²) in [6.07, 6.45) is -0.436. The van der Waals surface area contributed by atoms with Gasteiger partial charge in [-0.1, -0.05) is 11.6 Å². The normalized spacial score (nSPS) is 16.1. The summed E-state index contributed by atoms with van der Waals surface area (Å²) in [6, 6.07) is 6.79. The van der Waals surface area contributed by atoms with Crippen molar-refractivity contribution in [2.75, 3.05) is 38.1 Å². The van der Waals surface area contributed by atoms with Crippen molar-refractivity contribution in [1.29, 1.82) is 0 Å². The van der Waals surface area contributed by atoms with Crippen LogP contribution in [0.1, 0.15) is 13.8 Å². The molecule has 0 aliphatic carbocycles. The van der Waals surface area contributed by atoms with Crippen LogP contribution in [0.2, 0.25) is 5.02 Å². The van der Waals surface area contributed by atoms with Gasteiger partial charge in [0.15, 0.2) is 0 Å². The average molecular weight is 340 g/mol. The fourth-order valence-electron chi connectivity index (χ4n) is 2.44. The summed E-state index contributed by atoms with van der Waals surface area (Å²) in [4.78, 5) is 27.8. The van der Waals surface area contributed by atoms with Crippen LogP contribution in [0.3, 0.4) is 0 Å². The van der Waals surface area contributed by atoms with Crippen LogP contribution in [0.4, 0.5) is 10.5 Å². The van der Waals surface area contributed by atoms with Gasteiger partial charge >= 0.3 is 6.03 Å². The predicted molar refractivity (Wildman–Crippen MR) is 89.7 cm³/mol. The number of anilines is 1. The molecule has 3 amide bonds. The van der Waals surface area contributed by atoms with Gasteiger partial charge in [0.05, 0.1) is 0 Å². The molecule has 0 bridgehead atoms. The number of carbonyl (C=O) groups excluding carboxylic acids is 2. The second-order valence-electron chi connectivity index (χ2n) is 5.35. The van der Waals surface area contributed by atoms with Crippen molar-refractivity contribution in [3.05, 3.63) is 29.3 Å². The van der Waals surface area contributed by atoms with E-state index < -0.39 is 6.10 Å². The van der Waals surface area contributed by atoms with E-state index in [1.165, 1.54) is 0 Å². The number of nitrogens with zero attached hydrogens (tertiary/aromatic N) is 2. The Hall–Kier alpha value is -1.79. The van der Waals surface area contributed by atoms with Crippen molar-refractivity contribution in [3.63, 3.8) is 0 Å². The molecule has 1 aromatic rings. The maximum atomic E-state index is 12.2. The second kappa shape index (κ2) is 8.17. The third-order valence-electron chi connectivity index (χ3n) is 3.74. The fourth-order valence-corrected chi connectivity index (χ4v) is 2.57. The number of hydrogen-bond acceptors (Lipinski definition) is 3. The van der Waals surface area contributed by atoms with E-state index in [1.54, 1.807) is 41.0 Å². The first kappa shape index (κ1) is 17.6. The van der Waals surface area contributed by atoms with Gasteiger partial charge in [-0.05, 0) is 38.1 Å². The van der Waals surface area contributed by atoms with E-state index in [0.29, 0.717) is 43.5 Å². The van der Waals surface area contributed by atoms with Gasteiger partial charge in [0.2, 0.25) is 0 Å². The first-order chi connectivity index (χ1) is 11.0. The highest BCUT2D eigenvalue weighted by molar-refractivity contribution is 6.30. The van der Waals surface area contributed by atoms with Crippen molar-refractivity contribution in [1.82, 2.24) is 9.80 Å². The van der Waals surface area contributed by atoms with Crippen LogP contribution < -0.4 is 5.32 Å². The number of benzene rings is 1. The molecule has 23 heavy (non-hydrogen) atoms. The lowest BCUT2D eigenvalue weighted by atomic mass is 10.2. The van der Waals surface area contributed by atoms with Crippen molar-refractivity contribution < 1.29 is 14.3 Å². The minimum Gasteiger partial charge on any atom is -0.369 e. The van der Waals surface area contributed by atoms with Gasteiger partial charge in [-0.3, -0.25) is 4.79 Å². The molecule has 1 aliphatic heterocycles. The van der Waals surface area contributed by atoms with Gasteiger partial charge in [0, 0.05) is 43.5 Å². The lowest BCUT2D eigenvalue weighted by Crippen LogP contribution is -2.53. The number of halogens is 1. The van der Waals surface area contributed by atoms with E-state index in [1.807, 2.05) is 6.92 Å². The zero-order chi connectivity index (χ0) is 16.8. The Bertz CT molecular complexity index is 542. The summed E-state index contributed by atoms with van der Waals surface area (Å²) >= 11 is 5.82. The number of nitrogens with one attached hydrogen (secondary N) is 1. The molecule has 1 atom stereocenters. The predicted octanol–water partition coefficient (Wildman–Crippen LogP) is 2.44. The smallest absolute Gasteiger partial charge is 0.321 e. The molecule has 2 rings (SSSR count). The van der Waals surface area contributed by atoms with E-state index in [0.717, 1.165) is 0 Å². The minimum atomic E-state index is -0.436. The van der Waals surface area contributed by atoms with Crippen LogP contribution in [0, 0.1) is 0 Å². The van der Waals surface area contributed by atoms with Crippen LogP contribution in [-0.4, -0.2) is 60.6 Å². The van der Waals surface area contributed by atoms with Crippen LogP contribution >= 0.6 is 11.6 Å². The standard InChI is InChI=1S/C16H22ClN3O3/c1-3-23-12(2)15(21)19-8-10-20(11-9-19)16(22)18-14-6-4-13(17)5-7-14/h4-7,12H,3,8-11H2,1-2H3,(H,18,22). The molecule has 6 nitrogen and oxygen atoms in total.